The van der Waals surface area contributed by atoms with Gasteiger partial charge < -0.3 is 0 Å². The molecule has 110 valence electrons. The topological polar surface area (TPSA) is 80.5 Å². The van der Waals surface area contributed by atoms with Crippen molar-refractivity contribution in [2.45, 2.75) is 32.6 Å². The van der Waals surface area contributed by atoms with Gasteiger partial charge in [-0.1, -0.05) is 12.8 Å². The molecule has 0 bridgehead atoms. The minimum atomic E-state index is -0.466. The number of fused-ring (bicyclic) bond motifs is 1. The van der Waals surface area contributed by atoms with Crippen molar-refractivity contribution in [1.29, 1.82) is 0 Å². The van der Waals surface area contributed by atoms with E-state index >= 15 is 0 Å². The van der Waals surface area contributed by atoms with Crippen molar-refractivity contribution >= 4 is 23.2 Å². The molecule has 0 unspecified atom stereocenters. The van der Waals surface area contributed by atoms with E-state index < -0.39 is 4.92 Å². The predicted octanol–water partition coefficient (Wildman–Crippen LogP) is 2.58. The summed E-state index contributed by atoms with van der Waals surface area (Å²) in [7, 11) is 0. The van der Waals surface area contributed by atoms with Crippen molar-refractivity contribution in [2.24, 2.45) is 11.8 Å². The molecule has 0 aromatic heterocycles. The first kappa shape index (κ1) is 13.7. The van der Waals surface area contributed by atoms with Gasteiger partial charge in [-0.15, -0.1) is 0 Å². The molecule has 3 rings (SSSR count). The van der Waals surface area contributed by atoms with Gasteiger partial charge in [-0.2, -0.15) is 0 Å². The Morgan fingerprint density at radius 1 is 1.14 bits per heavy atom. The Hall–Kier alpha value is -2.24. The van der Waals surface area contributed by atoms with Gasteiger partial charge in [0.1, 0.15) is 0 Å². The third kappa shape index (κ3) is 2.11. The molecule has 0 N–H and O–H groups in total. The van der Waals surface area contributed by atoms with Crippen LogP contribution in [0, 0.1) is 28.9 Å². The second-order valence-corrected chi connectivity index (χ2v) is 5.74. The van der Waals surface area contributed by atoms with Crippen LogP contribution in [0.15, 0.2) is 18.2 Å². The summed E-state index contributed by atoms with van der Waals surface area (Å²) < 4.78 is 0. The number of nitrogens with zero attached hydrogens (tertiary/aromatic N) is 2. The lowest BCUT2D eigenvalue weighted by atomic mass is 9.81. The van der Waals surface area contributed by atoms with Crippen LogP contribution < -0.4 is 4.90 Å². The number of benzene rings is 1. The van der Waals surface area contributed by atoms with Crippen molar-refractivity contribution in [3.63, 3.8) is 0 Å². The number of anilines is 1. The Morgan fingerprint density at radius 2 is 1.71 bits per heavy atom. The average molecular weight is 288 g/mol. The van der Waals surface area contributed by atoms with Crippen molar-refractivity contribution < 1.29 is 14.5 Å². The molecule has 1 aliphatic heterocycles. The maximum atomic E-state index is 12.5. The number of hydrogen-bond acceptors (Lipinski definition) is 4. The van der Waals surface area contributed by atoms with Crippen LogP contribution >= 0.6 is 0 Å². The fourth-order valence-electron chi connectivity index (χ4n) is 3.40. The predicted molar refractivity (Wildman–Crippen MR) is 75.8 cm³/mol. The van der Waals surface area contributed by atoms with Gasteiger partial charge in [-0.05, 0) is 31.9 Å². The molecular formula is C15H16N2O4. The molecular weight excluding hydrogens is 272 g/mol. The molecule has 0 spiro atoms. The zero-order chi connectivity index (χ0) is 15.1. The Labute approximate surface area is 121 Å². The Kier molecular flexibility index (Phi) is 3.23. The fourth-order valence-corrected chi connectivity index (χ4v) is 3.40. The third-order valence-corrected chi connectivity index (χ3v) is 4.48. The van der Waals surface area contributed by atoms with Crippen molar-refractivity contribution in [3.05, 3.63) is 33.9 Å². The van der Waals surface area contributed by atoms with Gasteiger partial charge in [0.25, 0.3) is 5.69 Å². The highest BCUT2D eigenvalue weighted by Crippen LogP contribution is 2.40. The number of nitro benzene ring substituents is 1. The minimum absolute atomic E-state index is 0.00439. The smallest absolute Gasteiger partial charge is 0.272 e. The average Bonchev–Trinajstić information content (AvgIpc) is 2.71. The van der Waals surface area contributed by atoms with Crippen LogP contribution in [0.1, 0.15) is 31.2 Å². The molecule has 2 fully saturated rings. The summed E-state index contributed by atoms with van der Waals surface area (Å²) >= 11 is 0. The van der Waals surface area contributed by atoms with E-state index in [1.807, 2.05) is 0 Å². The standard InChI is InChI=1S/C15H16N2O4/c1-9-8-10(6-7-13(9)17(20)21)16-14(18)11-4-2-3-5-12(11)15(16)19/h6-8,11-12H,2-5H2,1H3/t11-,12+. The van der Waals surface area contributed by atoms with Gasteiger partial charge in [0.05, 0.1) is 22.4 Å². The van der Waals surface area contributed by atoms with Crippen molar-refractivity contribution in [2.75, 3.05) is 4.90 Å². The number of rotatable bonds is 2. The van der Waals surface area contributed by atoms with E-state index in [2.05, 4.69) is 0 Å². The molecule has 1 aromatic carbocycles. The molecule has 6 heteroatoms. The van der Waals surface area contributed by atoms with Crippen LogP contribution in [-0.4, -0.2) is 16.7 Å². The SMILES string of the molecule is Cc1cc(N2C(=O)[C@H]3CCCC[C@H]3C2=O)ccc1[N+](=O)[O-]. The van der Waals surface area contributed by atoms with Crippen LogP contribution in [0.3, 0.4) is 0 Å². The molecule has 6 nitrogen and oxygen atoms in total. The van der Waals surface area contributed by atoms with E-state index in [1.54, 1.807) is 13.0 Å². The monoisotopic (exact) mass is 288 g/mol. The first-order chi connectivity index (χ1) is 10.0. The van der Waals surface area contributed by atoms with Crippen LogP contribution in [0.5, 0.6) is 0 Å². The molecule has 21 heavy (non-hydrogen) atoms. The number of carbonyl (C=O) groups excluding carboxylic acids is 2. The summed E-state index contributed by atoms with van der Waals surface area (Å²) in [6.45, 7) is 1.61. The molecule has 1 aromatic rings. The maximum absolute atomic E-state index is 12.5. The zero-order valence-corrected chi connectivity index (χ0v) is 11.7. The summed E-state index contributed by atoms with van der Waals surface area (Å²) in [6.07, 6.45) is 3.48. The molecule has 1 heterocycles. The Morgan fingerprint density at radius 3 is 2.19 bits per heavy atom. The van der Waals surface area contributed by atoms with Crippen LogP contribution in [0.25, 0.3) is 0 Å². The van der Waals surface area contributed by atoms with E-state index in [1.165, 1.54) is 17.0 Å². The van der Waals surface area contributed by atoms with Crippen LogP contribution in [0.2, 0.25) is 0 Å². The second-order valence-electron chi connectivity index (χ2n) is 5.74. The number of amides is 2. The lowest BCUT2D eigenvalue weighted by Crippen LogP contribution is -2.30. The highest BCUT2D eigenvalue weighted by molar-refractivity contribution is 6.22. The molecule has 2 atom stereocenters. The summed E-state index contributed by atoms with van der Waals surface area (Å²) in [5.74, 6) is -0.723. The number of hydrogen-bond donors (Lipinski definition) is 0. The summed E-state index contributed by atoms with van der Waals surface area (Å²) in [5.41, 5.74) is 0.894. The van der Waals surface area contributed by atoms with Crippen molar-refractivity contribution in [1.82, 2.24) is 0 Å². The summed E-state index contributed by atoms with van der Waals surface area (Å²) in [5, 5.41) is 10.8. The Bertz CT molecular complexity index is 617. The number of carbonyl (C=O) groups is 2. The highest BCUT2D eigenvalue weighted by Gasteiger charge is 2.48. The van der Waals surface area contributed by atoms with E-state index in [9.17, 15) is 19.7 Å². The quantitative estimate of drug-likeness (QED) is 0.476. The van der Waals surface area contributed by atoms with Gasteiger partial charge in [0.2, 0.25) is 11.8 Å². The van der Waals surface area contributed by atoms with Gasteiger partial charge in [-0.25, -0.2) is 0 Å². The second kappa shape index (κ2) is 4.95. The molecule has 2 amide bonds. The van der Waals surface area contributed by atoms with Gasteiger partial charge in [0.15, 0.2) is 0 Å². The molecule has 1 saturated heterocycles. The number of aryl methyl sites for hydroxylation is 1. The summed E-state index contributed by atoms with van der Waals surface area (Å²) in [4.78, 5) is 36.5. The number of nitro groups is 1. The summed E-state index contributed by atoms with van der Waals surface area (Å²) in [6, 6.07) is 4.39. The maximum Gasteiger partial charge on any atom is 0.272 e. The van der Waals surface area contributed by atoms with E-state index in [4.69, 9.17) is 0 Å². The van der Waals surface area contributed by atoms with Gasteiger partial charge in [0, 0.05) is 11.6 Å². The molecule has 1 aliphatic carbocycles. The first-order valence-corrected chi connectivity index (χ1v) is 7.13. The minimum Gasteiger partial charge on any atom is -0.274 e. The van der Waals surface area contributed by atoms with Crippen LogP contribution in [-0.2, 0) is 9.59 Å². The Balaban J connectivity index is 1.97. The zero-order valence-electron chi connectivity index (χ0n) is 11.7. The van der Waals surface area contributed by atoms with Crippen molar-refractivity contribution in [3.8, 4) is 0 Å². The van der Waals surface area contributed by atoms with Crippen LogP contribution in [0.4, 0.5) is 11.4 Å². The third-order valence-electron chi connectivity index (χ3n) is 4.48. The molecule has 2 aliphatic rings. The molecule has 1 saturated carbocycles. The first-order valence-electron chi connectivity index (χ1n) is 7.13. The lowest BCUT2D eigenvalue weighted by molar-refractivity contribution is -0.385. The van der Waals surface area contributed by atoms with Gasteiger partial charge in [-0.3, -0.25) is 24.6 Å². The normalized spacial score (nSPS) is 25.1. The van der Waals surface area contributed by atoms with E-state index in [0.717, 1.165) is 25.7 Å². The number of imide groups is 1. The lowest BCUT2D eigenvalue weighted by Gasteiger charge is -2.19. The van der Waals surface area contributed by atoms with E-state index in [0.29, 0.717) is 11.3 Å². The fraction of sp³-hybridized carbons (Fsp3) is 0.467. The largest absolute Gasteiger partial charge is 0.274 e. The highest BCUT2D eigenvalue weighted by atomic mass is 16.6. The van der Waals surface area contributed by atoms with E-state index in [-0.39, 0.29) is 29.3 Å². The molecule has 0 radical (unpaired) electrons. The van der Waals surface area contributed by atoms with Gasteiger partial charge >= 0.3 is 0 Å².